The van der Waals surface area contributed by atoms with Crippen LogP contribution in [0.5, 0.6) is 11.5 Å². The summed E-state index contributed by atoms with van der Waals surface area (Å²) in [5.74, 6) is 1.30. The molecule has 1 aliphatic carbocycles. The van der Waals surface area contributed by atoms with Crippen LogP contribution in [-0.4, -0.2) is 62.7 Å². The molecular weight excluding hydrogens is 476 g/mol. The SMILES string of the molecule is COc1ccc(-c2nnn(CC(=O)N(C3CCCC3)C(C(=O)NC(C)(C)C)c3ccco3)n2)cc1OC. The predicted octanol–water partition coefficient (Wildman–Crippen LogP) is 3.38. The predicted molar refractivity (Wildman–Crippen MR) is 135 cm³/mol. The summed E-state index contributed by atoms with van der Waals surface area (Å²) in [4.78, 5) is 30.1. The topological polar surface area (TPSA) is 125 Å². The number of ether oxygens (including phenoxy) is 2. The molecule has 0 saturated heterocycles. The first-order chi connectivity index (χ1) is 17.7. The molecule has 0 aliphatic heterocycles. The van der Waals surface area contributed by atoms with E-state index in [0.717, 1.165) is 25.7 Å². The van der Waals surface area contributed by atoms with Gasteiger partial charge in [0.15, 0.2) is 17.5 Å². The summed E-state index contributed by atoms with van der Waals surface area (Å²) in [6.07, 6.45) is 5.12. The number of carbonyl (C=O) groups excluding carboxylic acids is 2. The fourth-order valence-electron chi connectivity index (χ4n) is 4.62. The van der Waals surface area contributed by atoms with E-state index in [9.17, 15) is 9.59 Å². The Labute approximate surface area is 216 Å². The van der Waals surface area contributed by atoms with Crippen LogP contribution in [0, 0.1) is 0 Å². The van der Waals surface area contributed by atoms with E-state index in [-0.39, 0.29) is 24.4 Å². The van der Waals surface area contributed by atoms with E-state index < -0.39 is 11.6 Å². The zero-order valence-electron chi connectivity index (χ0n) is 21.9. The first-order valence-corrected chi connectivity index (χ1v) is 12.4. The van der Waals surface area contributed by atoms with Gasteiger partial charge in [-0.1, -0.05) is 12.8 Å². The average Bonchev–Trinajstić information content (AvgIpc) is 3.64. The molecule has 4 rings (SSSR count). The van der Waals surface area contributed by atoms with E-state index in [0.29, 0.717) is 28.6 Å². The van der Waals surface area contributed by atoms with Gasteiger partial charge in [0.1, 0.15) is 12.3 Å². The third kappa shape index (κ3) is 6.10. The fraction of sp³-hybridized carbons (Fsp3) is 0.500. The van der Waals surface area contributed by atoms with Crippen molar-refractivity contribution in [1.82, 2.24) is 30.4 Å². The Morgan fingerprint density at radius 2 is 1.89 bits per heavy atom. The molecule has 1 fully saturated rings. The molecule has 0 spiro atoms. The minimum absolute atomic E-state index is 0.0952. The molecule has 3 aromatic rings. The second-order valence-electron chi connectivity index (χ2n) is 10.1. The number of furan rings is 1. The lowest BCUT2D eigenvalue weighted by atomic mass is 10.0. The zero-order chi connectivity index (χ0) is 26.6. The highest BCUT2D eigenvalue weighted by Crippen LogP contribution is 2.33. The maximum Gasteiger partial charge on any atom is 0.251 e. The van der Waals surface area contributed by atoms with Gasteiger partial charge in [0.2, 0.25) is 11.7 Å². The van der Waals surface area contributed by atoms with Crippen LogP contribution in [0.1, 0.15) is 58.3 Å². The third-order valence-electron chi connectivity index (χ3n) is 6.21. The summed E-state index contributed by atoms with van der Waals surface area (Å²) >= 11 is 0. The van der Waals surface area contributed by atoms with E-state index in [1.165, 1.54) is 11.1 Å². The molecule has 0 bridgehead atoms. The smallest absolute Gasteiger partial charge is 0.251 e. The molecule has 0 radical (unpaired) electrons. The van der Waals surface area contributed by atoms with Crippen molar-refractivity contribution in [2.45, 2.75) is 70.6 Å². The van der Waals surface area contributed by atoms with Crippen LogP contribution >= 0.6 is 0 Å². The summed E-state index contributed by atoms with van der Waals surface area (Å²) in [7, 11) is 3.11. The van der Waals surface area contributed by atoms with Crippen LogP contribution in [0.2, 0.25) is 0 Å². The molecule has 2 amide bonds. The van der Waals surface area contributed by atoms with Crippen LogP contribution in [0.15, 0.2) is 41.0 Å². The van der Waals surface area contributed by atoms with Crippen molar-refractivity contribution in [1.29, 1.82) is 0 Å². The first kappa shape index (κ1) is 26.2. The van der Waals surface area contributed by atoms with Crippen molar-refractivity contribution in [3.8, 4) is 22.9 Å². The van der Waals surface area contributed by atoms with Crippen LogP contribution in [0.3, 0.4) is 0 Å². The molecular formula is C26H34N6O5. The van der Waals surface area contributed by atoms with Gasteiger partial charge in [-0.25, -0.2) is 0 Å². The molecule has 1 aliphatic rings. The Bertz CT molecular complexity index is 1210. The van der Waals surface area contributed by atoms with E-state index in [1.807, 2.05) is 20.8 Å². The second kappa shape index (κ2) is 11.0. The fourth-order valence-corrected chi connectivity index (χ4v) is 4.62. The first-order valence-electron chi connectivity index (χ1n) is 12.4. The Balaban J connectivity index is 1.61. The second-order valence-corrected chi connectivity index (χ2v) is 10.1. The number of hydrogen-bond donors (Lipinski definition) is 1. The summed E-state index contributed by atoms with van der Waals surface area (Å²) in [6, 6.07) is 7.74. The number of benzene rings is 1. The van der Waals surface area contributed by atoms with E-state index in [2.05, 4.69) is 20.7 Å². The number of rotatable bonds is 9. The molecule has 2 aromatic heterocycles. The highest BCUT2D eigenvalue weighted by atomic mass is 16.5. The highest BCUT2D eigenvalue weighted by molar-refractivity contribution is 5.88. The van der Waals surface area contributed by atoms with Gasteiger partial charge in [0.25, 0.3) is 5.91 Å². The number of nitrogens with one attached hydrogen (secondary N) is 1. The Kier molecular flexibility index (Phi) is 7.80. The molecule has 11 heteroatoms. The molecule has 1 N–H and O–H groups in total. The molecule has 37 heavy (non-hydrogen) atoms. The van der Waals surface area contributed by atoms with E-state index in [1.54, 1.807) is 49.5 Å². The molecule has 1 saturated carbocycles. The number of methoxy groups -OCH3 is 2. The van der Waals surface area contributed by atoms with Crippen molar-refractivity contribution in [2.24, 2.45) is 0 Å². The highest BCUT2D eigenvalue weighted by Gasteiger charge is 2.40. The maximum absolute atomic E-state index is 13.8. The van der Waals surface area contributed by atoms with Gasteiger partial charge in [-0.15, -0.1) is 10.2 Å². The standard InChI is InChI=1S/C26H34N6O5/c1-26(2,3)27-25(34)23(20-11-8-14-37-20)32(18-9-6-7-10-18)22(33)16-31-29-24(28-30-31)17-12-13-19(35-4)21(15-17)36-5/h8,11-15,18,23H,6-7,9-10,16H2,1-5H3,(H,27,34). The van der Waals surface area contributed by atoms with Gasteiger partial charge in [0.05, 0.1) is 20.5 Å². The lowest BCUT2D eigenvalue weighted by molar-refractivity contribution is -0.145. The zero-order valence-corrected chi connectivity index (χ0v) is 21.9. The van der Waals surface area contributed by atoms with Crippen molar-refractivity contribution < 1.29 is 23.5 Å². The van der Waals surface area contributed by atoms with Crippen molar-refractivity contribution in [2.75, 3.05) is 14.2 Å². The largest absolute Gasteiger partial charge is 0.493 e. The maximum atomic E-state index is 13.8. The van der Waals surface area contributed by atoms with Gasteiger partial charge in [-0.05, 0) is 69.2 Å². The minimum atomic E-state index is -0.904. The normalized spacial score (nSPS) is 14.8. The molecule has 11 nitrogen and oxygen atoms in total. The molecule has 1 aromatic carbocycles. The molecule has 1 unspecified atom stereocenters. The molecule has 198 valence electrons. The van der Waals surface area contributed by atoms with Gasteiger partial charge in [-0.2, -0.15) is 4.80 Å². The van der Waals surface area contributed by atoms with Gasteiger partial charge in [0, 0.05) is 17.1 Å². The number of carbonyl (C=O) groups is 2. The van der Waals surface area contributed by atoms with Crippen LogP contribution in [0.4, 0.5) is 0 Å². The number of hydrogen-bond acceptors (Lipinski definition) is 8. The Morgan fingerprint density at radius 3 is 2.51 bits per heavy atom. The quantitative estimate of drug-likeness (QED) is 0.465. The van der Waals surface area contributed by atoms with E-state index >= 15 is 0 Å². The minimum Gasteiger partial charge on any atom is -0.493 e. The molecule has 2 heterocycles. The number of amides is 2. The van der Waals surface area contributed by atoms with Crippen LogP contribution in [0.25, 0.3) is 11.4 Å². The summed E-state index contributed by atoms with van der Waals surface area (Å²) < 4.78 is 16.3. The molecule has 1 atom stereocenters. The Morgan fingerprint density at radius 1 is 1.16 bits per heavy atom. The third-order valence-corrected chi connectivity index (χ3v) is 6.21. The number of nitrogens with zero attached hydrogens (tertiary/aromatic N) is 5. The van der Waals surface area contributed by atoms with Crippen LogP contribution < -0.4 is 14.8 Å². The van der Waals surface area contributed by atoms with Crippen molar-refractivity contribution >= 4 is 11.8 Å². The monoisotopic (exact) mass is 510 g/mol. The summed E-state index contributed by atoms with van der Waals surface area (Å²) in [5.41, 5.74) is 0.190. The lowest BCUT2D eigenvalue weighted by Gasteiger charge is -2.36. The average molecular weight is 511 g/mol. The van der Waals surface area contributed by atoms with Crippen molar-refractivity contribution in [3.63, 3.8) is 0 Å². The van der Waals surface area contributed by atoms with Gasteiger partial charge in [-0.3, -0.25) is 9.59 Å². The Hall–Kier alpha value is -3.89. The summed E-state index contributed by atoms with van der Waals surface area (Å²) in [6.45, 7) is 5.54. The van der Waals surface area contributed by atoms with Gasteiger partial charge >= 0.3 is 0 Å². The number of aromatic nitrogens is 4. The van der Waals surface area contributed by atoms with Crippen LogP contribution in [-0.2, 0) is 16.1 Å². The van der Waals surface area contributed by atoms with Crippen molar-refractivity contribution in [3.05, 3.63) is 42.4 Å². The lowest BCUT2D eigenvalue weighted by Crippen LogP contribution is -2.52. The van der Waals surface area contributed by atoms with Gasteiger partial charge < -0.3 is 24.1 Å². The number of tetrazole rings is 1. The van der Waals surface area contributed by atoms with E-state index in [4.69, 9.17) is 13.9 Å². The summed E-state index contributed by atoms with van der Waals surface area (Å²) in [5, 5.41) is 15.6.